The molecule has 0 bridgehead atoms. The third-order valence-electron chi connectivity index (χ3n) is 2.28. The molecule has 2 heteroatoms. The van der Waals surface area contributed by atoms with E-state index in [0.717, 1.165) is 5.39 Å². The highest BCUT2D eigenvalue weighted by atomic mass is 19.1. The van der Waals surface area contributed by atoms with Crippen LogP contribution >= 0.6 is 0 Å². The van der Waals surface area contributed by atoms with Crippen molar-refractivity contribution in [3.63, 3.8) is 0 Å². The van der Waals surface area contributed by atoms with Gasteiger partial charge in [0.05, 0.1) is 5.56 Å². The number of fused-ring (bicyclic) bond motifs is 1. The van der Waals surface area contributed by atoms with E-state index in [-0.39, 0.29) is 5.82 Å². The van der Waals surface area contributed by atoms with E-state index in [9.17, 15) is 4.39 Å². The largest absolute Gasteiger partial charge is 0.398 e. The molecule has 0 aliphatic heterocycles. The first-order valence-corrected chi connectivity index (χ1v) is 4.63. The van der Waals surface area contributed by atoms with E-state index >= 15 is 0 Å². The smallest absolute Gasteiger partial charge is 0.139 e. The second-order valence-electron chi connectivity index (χ2n) is 3.24. The quantitative estimate of drug-likeness (QED) is 0.512. The van der Waals surface area contributed by atoms with Gasteiger partial charge in [-0.05, 0) is 24.4 Å². The molecule has 15 heavy (non-hydrogen) atoms. The lowest BCUT2D eigenvalue weighted by atomic mass is 10.0. The van der Waals surface area contributed by atoms with E-state index in [1.54, 1.807) is 19.1 Å². The van der Waals surface area contributed by atoms with Gasteiger partial charge in [-0.3, -0.25) is 0 Å². The molecule has 2 aromatic carbocycles. The van der Waals surface area contributed by atoms with Gasteiger partial charge in [-0.15, -0.1) is 5.92 Å². The normalized spacial score (nSPS) is 9.73. The summed E-state index contributed by atoms with van der Waals surface area (Å²) in [6, 6.07) is 8.62. The Morgan fingerprint density at radius 1 is 1.20 bits per heavy atom. The predicted molar refractivity (Wildman–Crippen MR) is 60.9 cm³/mol. The maximum Gasteiger partial charge on any atom is 0.139 e. The highest BCUT2D eigenvalue weighted by molar-refractivity contribution is 5.97. The third-order valence-corrected chi connectivity index (χ3v) is 2.28. The van der Waals surface area contributed by atoms with Gasteiger partial charge in [0.15, 0.2) is 0 Å². The maximum absolute atomic E-state index is 13.5. The summed E-state index contributed by atoms with van der Waals surface area (Å²) >= 11 is 0. The van der Waals surface area contributed by atoms with Gasteiger partial charge in [-0.25, -0.2) is 4.39 Å². The van der Waals surface area contributed by atoms with Crippen LogP contribution in [0.3, 0.4) is 0 Å². The topological polar surface area (TPSA) is 26.0 Å². The van der Waals surface area contributed by atoms with Crippen LogP contribution in [-0.2, 0) is 0 Å². The summed E-state index contributed by atoms with van der Waals surface area (Å²) in [5, 5.41) is 1.61. The fourth-order valence-corrected chi connectivity index (χ4v) is 1.63. The second kappa shape index (κ2) is 3.62. The van der Waals surface area contributed by atoms with Crippen molar-refractivity contribution in [3.8, 4) is 11.8 Å². The van der Waals surface area contributed by atoms with Crippen LogP contribution in [0.5, 0.6) is 0 Å². The number of halogens is 1. The van der Waals surface area contributed by atoms with Crippen molar-refractivity contribution < 1.29 is 4.39 Å². The average Bonchev–Trinajstić information content (AvgIpc) is 2.23. The maximum atomic E-state index is 13.5. The minimum atomic E-state index is -0.324. The van der Waals surface area contributed by atoms with E-state index in [4.69, 9.17) is 5.73 Å². The van der Waals surface area contributed by atoms with Crippen LogP contribution in [0, 0.1) is 17.7 Å². The molecule has 0 fully saturated rings. The SMILES string of the molecule is CC#Cc1c(F)ccc2cccc(N)c12. The van der Waals surface area contributed by atoms with Crippen molar-refractivity contribution in [1.82, 2.24) is 0 Å². The molecule has 2 rings (SSSR count). The van der Waals surface area contributed by atoms with Gasteiger partial charge < -0.3 is 5.73 Å². The summed E-state index contributed by atoms with van der Waals surface area (Å²) in [6.45, 7) is 1.68. The summed E-state index contributed by atoms with van der Waals surface area (Å²) in [7, 11) is 0. The third kappa shape index (κ3) is 1.53. The first-order valence-electron chi connectivity index (χ1n) is 4.63. The number of hydrogen-bond acceptors (Lipinski definition) is 1. The Kier molecular flexibility index (Phi) is 2.31. The molecule has 0 atom stereocenters. The highest BCUT2D eigenvalue weighted by Crippen LogP contribution is 2.26. The van der Waals surface area contributed by atoms with E-state index in [1.807, 2.05) is 12.1 Å². The van der Waals surface area contributed by atoms with Crippen molar-refractivity contribution in [2.24, 2.45) is 0 Å². The molecule has 0 spiro atoms. The van der Waals surface area contributed by atoms with Crippen LogP contribution in [0.15, 0.2) is 30.3 Å². The van der Waals surface area contributed by atoms with E-state index < -0.39 is 0 Å². The number of benzene rings is 2. The van der Waals surface area contributed by atoms with E-state index in [2.05, 4.69) is 11.8 Å². The second-order valence-corrected chi connectivity index (χ2v) is 3.24. The molecule has 0 radical (unpaired) electrons. The Morgan fingerprint density at radius 2 is 2.00 bits per heavy atom. The Balaban J connectivity index is 2.95. The molecule has 0 aliphatic carbocycles. The van der Waals surface area contributed by atoms with Crippen LogP contribution in [0.1, 0.15) is 12.5 Å². The first-order chi connectivity index (χ1) is 7.24. The van der Waals surface area contributed by atoms with Gasteiger partial charge in [0, 0.05) is 11.1 Å². The lowest BCUT2D eigenvalue weighted by Gasteiger charge is -2.05. The van der Waals surface area contributed by atoms with Crippen molar-refractivity contribution in [2.45, 2.75) is 6.92 Å². The molecule has 0 heterocycles. The molecule has 0 amide bonds. The minimum Gasteiger partial charge on any atom is -0.398 e. The Hall–Kier alpha value is -2.01. The number of nitrogens with two attached hydrogens (primary N) is 1. The minimum absolute atomic E-state index is 0.324. The summed E-state index contributed by atoms with van der Waals surface area (Å²) < 4.78 is 13.5. The molecule has 74 valence electrons. The molecular formula is C13H10FN. The molecule has 2 aromatic rings. The van der Waals surface area contributed by atoms with Crippen molar-refractivity contribution in [1.29, 1.82) is 0 Å². The molecule has 0 unspecified atom stereocenters. The van der Waals surface area contributed by atoms with Gasteiger partial charge in [-0.1, -0.05) is 24.1 Å². The fraction of sp³-hybridized carbons (Fsp3) is 0.0769. The monoisotopic (exact) mass is 199 g/mol. The zero-order valence-corrected chi connectivity index (χ0v) is 8.34. The molecule has 0 saturated heterocycles. The molecule has 2 N–H and O–H groups in total. The molecule has 0 aromatic heterocycles. The van der Waals surface area contributed by atoms with Gasteiger partial charge in [0.25, 0.3) is 0 Å². The van der Waals surface area contributed by atoms with Gasteiger partial charge in [-0.2, -0.15) is 0 Å². The summed E-state index contributed by atoms with van der Waals surface area (Å²) in [5.74, 6) is 5.13. The average molecular weight is 199 g/mol. The standard InChI is InChI=1S/C13H10FN/c1-2-4-10-11(14)8-7-9-5-3-6-12(15)13(9)10/h3,5-8H,15H2,1H3. The lowest BCUT2D eigenvalue weighted by Crippen LogP contribution is -1.92. The van der Waals surface area contributed by atoms with Crippen LogP contribution in [0.4, 0.5) is 10.1 Å². The Morgan fingerprint density at radius 3 is 2.73 bits per heavy atom. The van der Waals surface area contributed by atoms with Gasteiger partial charge in [0.2, 0.25) is 0 Å². The summed E-state index contributed by atoms with van der Waals surface area (Å²) in [5.41, 5.74) is 6.76. The molecular weight excluding hydrogens is 189 g/mol. The number of rotatable bonds is 0. The highest BCUT2D eigenvalue weighted by Gasteiger charge is 2.07. The van der Waals surface area contributed by atoms with Crippen LogP contribution in [0.25, 0.3) is 10.8 Å². The zero-order chi connectivity index (χ0) is 10.8. The van der Waals surface area contributed by atoms with Crippen molar-refractivity contribution >= 4 is 16.5 Å². The molecule has 0 aliphatic rings. The van der Waals surface area contributed by atoms with Crippen molar-refractivity contribution in [2.75, 3.05) is 5.73 Å². The first kappa shape index (κ1) is 9.54. The van der Waals surface area contributed by atoms with Crippen LogP contribution in [-0.4, -0.2) is 0 Å². The van der Waals surface area contributed by atoms with E-state index in [1.165, 1.54) is 6.07 Å². The van der Waals surface area contributed by atoms with Gasteiger partial charge >= 0.3 is 0 Å². The lowest BCUT2D eigenvalue weighted by molar-refractivity contribution is 0.626. The Labute approximate surface area is 87.7 Å². The van der Waals surface area contributed by atoms with Crippen LogP contribution in [0.2, 0.25) is 0 Å². The predicted octanol–water partition coefficient (Wildman–Crippen LogP) is 2.93. The van der Waals surface area contributed by atoms with Gasteiger partial charge in [0.1, 0.15) is 5.82 Å². The van der Waals surface area contributed by atoms with Crippen LogP contribution < -0.4 is 5.73 Å². The number of anilines is 1. The summed E-state index contributed by atoms with van der Waals surface area (Å²) in [4.78, 5) is 0. The van der Waals surface area contributed by atoms with Crippen molar-refractivity contribution in [3.05, 3.63) is 41.7 Å². The molecule has 1 nitrogen and oxygen atoms in total. The number of hydrogen-bond donors (Lipinski definition) is 1. The van der Waals surface area contributed by atoms with E-state index in [0.29, 0.717) is 16.6 Å². The zero-order valence-electron chi connectivity index (χ0n) is 8.34. The summed E-state index contributed by atoms with van der Waals surface area (Å²) in [6.07, 6.45) is 0. The molecule has 0 saturated carbocycles. The number of nitrogen functional groups attached to an aromatic ring is 1. The Bertz CT molecular complexity index is 576. The fourth-order valence-electron chi connectivity index (χ4n) is 1.63.